The summed E-state index contributed by atoms with van der Waals surface area (Å²) in [7, 11) is 0. The van der Waals surface area contributed by atoms with E-state index >= 15 is 0 Å². The van der Waals surface area contributed by atoms with Gasteiger partial charge in [-0.3, -0.25) is 19.5 Å². The summed E-state index contributed by atoms with van der Waals surface area (Å²) >= 11 is 0. The highest BCUT2D eigenvalue weighted by atomic mass is 16.5. The summed E-state index contributed by atoms with van der Waals surface area (Å²) in [5, 5.41) is 2.88. The Hall–Kier alpha value is -1.99. The van der Waals surface area contributed by atoms with Gasteiger partial charge in [-0.1, -0.05) is 19.4 Å². The predicted molar refractivity (Wildman–Crippen MR) is 92.8 cm³/mol. The average molecular weight is 346 g/mol. The summed E-state index contributed by atoms with van der Waals surface area (Å²) in [6.45, 7) is 6.39. The predicted octanol–water partition coefficient (Wildman–Crippen LogP) is 0.582. The lowest BCUT2D eigenvalue weighted by Crippen LogP contribution is -2.57. The van der Waals surface area contributed by atoms with Crippen LogP contribution in [0.5, 0.6) is 0 Å². The van der Waals surface area contributed by atoms with Crippen molar-refractivity contribution in [1.29, 1.82) is 0 Å². The van der Waals surface area contributed by atoms with Gasteiger partial charge in [0.05, 0.1) is 6.04 Å². The second-order valence-electron chi connectivity index (χ2n) is 6.58. The van der Waals surface area contributed by atoms with Crippen molar-refractivity contribution in [1.82, 2.24) is 20.1 Å². The highest BCUT2D eigenvalue weighted by Crippen LogP contribution is 2.24. The number of hydrogen-bond acceptors (Lipinski definition) is 5. The van der Waals surface area contributed by atoms with Gasteiger partial charge in [0.2, 0.25) is 5.91 Å². The van der Waals surface area contributed by atoms with Crippen LogP contribution in [0.1, 0.15) is 31.4 Å². The first-order valence-corrected chi connectivity index (χ1v) is 9.01. The second kappa shape index (κ2) is 8.40. The van der Waals surface area contributed by atoms with E-state index in [1.54, 1.807) is 18.5 Å². The third kappa shape index (κ3) is 4.35. The Bertz CT molecular complexity index is 587. The van der Waals surface area contributed by atoms with E-state index in [4.69, 9.17) is 4.74 Å². The van der Waals surface area contributed by atoms with Crippen LogP contribution in [0.2, 0.25) is 0 Å². The molecule has 2 aliphatic rings. The number of amides is 2. The molecule has 1 N–H and O–H groups in total. The normalized spacial score (nSPS) is 24.8. The van der Waals surface area contributed by atoms with Crippen molar-refractivity contribution in [2.45, 2.75) is 31.9 Å². The van der Waals surface area contributed by atoms with Gasteiger partial charge in [0.25, 0.3) is 5.91 Å². The van der Waals surface area contributed by atoms with Crippen LogP contribution in [-0.4, -0.2) is 72.0 Å². The highest BCUT2D eigenvalue weighted by molar-refractivity contribution is 5.86. The molecule has 0 aliphatic carbocycles. The van der Waals surface area contributed by atoms with Crippen LogP contribution in [0.4, 0.5) is 0 Å². The first kappa shape index (κ1) is 17.8. The number of carbonyl (C=O) groups excluding carboxylic acids is 2. The molecule has 7 nitrogen and oxygen atoms in total. The van der Waals surface area contributed by atoms with E-state index in [0.717, 1.165) is 25.2 Å². The first-order chi connectivity index (χ1) is 12.2. The third-order valence-electron chi connectivity index (χ3n) is 4.81. The molecule has 136 valence electrons. The number of ether oxygens (including phenoxy) is 1. The maximum atomic E-state index is 13.0. The topological polar surface area (TPSA) is 74.8 Å². The fourth-order valence-electron chi connectivity index (χ4n) is 3.34. The summed E-state index contributed by atoms with van der Waals surface area (Å²) in [6, 6.07) is 3.17. The van der Waals surface area contributed by atoms with Crippen molar-refractivity contribution in [3.8, 4) is 0 Å². The SMILES string of the molecule is CCCCN1CCN(C(=O)[C@H]2OCC(=O)N[C@@H]2c2cccnc2)CC1. The molecule has 2 fully saturated rings. The smallest absolute Gasteiger partial charge is 0.254 e. The maximum absolute atomic E-state index is 13.0. The standard InChI is InChI=1S/C18H26N4O3/c1-2-3-7-21-8-10-22(11-9-21)18(24)17-16(20-15(23)13-25-17)14-5-4-6-19-12-14/h4-6,12,16-17H,2-3,7-11,13H2,1H3,(H,20,23)/t16-,17+/m1/s1. The molecule has 1 aromatic rings. The maximum Gasteiger partial charge on any atom is 0.254 e. The van der Waals surface area contributed by atoms with Gasteiger partial charge in [-0.2, -0.15) is 0 Å². The van der Waals surface area contributed by atoms with Crippen LogP contribution in [0.25, 0.3) is 0 Å². The van der Waals surface area contributed by atoms with Crippen LogP contribution >= 0.6 is 0 Å². The number of hydrogen-bond donors (Lipinski definition) is 1. The molecule has 0 spiro atoms. The molecule has 3 rings (SSSR count). The zero-order valence-corrected chi connectivity index (χ0v) is 14.7. The monoisotopic (exact) mass is 346 g/mol. The van der Waals surface area contributed by atoms with Crippen molar-refractivity contribution >= 4 is 11.8 Å². The summed E-state index contributed by atoms with van der Waals surface area (Å²) < 4.78 is 5.62. The molecular weight excluding hydrogens is 320 g/mol. The van der Waals surface area contributed by atoms with E-state index in [2.05, 4.69) is 22.1 Å². The number of nitrogens with one attached hydrogen (secondary N) is 1. The van der Waals surface area contributed by atoms with E-state index in [-0.39, 0.29) is 18.4 Å². The molecule has 0 aromatic carbocycles. The summed E-state index contributed by atoms with van der Waals surface area (Å²) in [5.41, 5.74) is 0.787. The number of morpholine rings is 1. The molecule has 0 radical (unpaired) electrons. The molecule has 7 heteroatoms. The number of piperazine rings is 1. The Labute approximate surface area is 148 Å². The first-order valence-electron chi connectivity index (χ1n) is 9.01. The summed E-state index contributed by atoms with van der Waals surface area (Å²) in [4.78, 5) is 33.1. The van der Waals surface area contributed by atoms with E-state index in [0.29, 0.717) is 13.1 Å². The molecule has 2 saturated heterocycles. The van der Waals surface area contributed by atoms with Gasteiger partial charge < -0.3 is 15.0 Å². The zero-order chi connectivity index (χ0) is 17.6. The molecule has 0 bridgehead atoms. The van der Waals surface area contributed by atoms with Crippen LogP contribution in [0.3, 0.4) is 0 Å². The number of pyridine rings is 1. The summed E-state index contributed by atoms with van der Waals surface area (Å²) in [6.07, 6.45) is 5.02. The Morgan fingerprint density at radius 3 is 2.84 bits per heavy atom. The number of carbonyl (C=O) groups is 2. The zero-order valence-electron chi connectivity index (χ0n) is 14.7. The highest BCUT2D eigenvalue weighted by Gasteiger charge is 2.39. The molecule has 1 aromatic heterocycles. The van der Waals surface area contributed by atoms with Gasteiger partial charge in [0, 0.05) is 38.6 Å². The van der Waals surface area contributed by atoms with Crippen LogP contribution in [0, 0.1) is 0 Å². The van der Waals surface area contributed by atoms with Gasteiger partial charge >= 0.3 is 0 Å². The molecule has 3 heterocycles. The fourth-order valence-corrected chi connectivity index (χ4v) is 3.34. The van der Waals surface area contributed by atoms with Gasteiger partial charge in [-0.05, 0) is 24.6 Å². The van der Waals surface area contributed by atoms with Crippen LogP contribution in [-0.2, 0) is 14.3 Å². The lowest BCUT2D eigenvalue weighted by atomic mass is 10.00. The lowest BCUT2D eigenvalue weighted by molar-refractivity contribution is -0.156. The second-order valence-corrected chi connectivity index (χ2v) is 6.58. The average Bonchev–Trinajstić information content (AvgIpc) is 2.67. The van der Waals surface area contributed by atoms with Gasteiger partial charge in [0.1, 0.15) is 6.61 Å². The molecule has 25 heavy (non-hydrogen) atoms. The third-order valence-corrected chi connectivity index (χ3v) is 4.81. The van der Waals surface area contributed by atoms with Gasteiger partial charge in [0.15, 0.2) is 6.10 Å². The van der Waals surface area contributed by atoms with Crippen molar-refractivity contribution in [3.05, 3.63) is 30.1 Å². The van der Waals surface area contributed by atoms with Crippen molar-refractivity contribution in [3.63, 3.8) is 0 Å². The Balaban J connectivity index is 1.65. The number of aromatic nitrogens is 1. The number of rotatable bonds is 5. The Morgan fingerprint density at radius 1 is 1.36 bits per heavy atom. The fraction of sp³-hybridized carbons (Fsp3) is 0.611. The minimum atomic E-state index is -0.691. The van der Waals surface area contributed by atoms with Crippen LogP contribution in [0.15, 0.2) is 24.5 Å². The molecular formula is C18H26N4O3. The van der Waals surface area contributed by atoms with Gasteiger partial charge in [-0.15, -0.1) is 0 Å². The van der Waals surface area contributed by atoms with E-state index < -0.39 is 12.1 Å². The molecule has 0 saturated carbocycles. The van der Waals surface area contributed by atoms with E-state index in [9.17, 15) is 9.59 Å². The molecule has 0 unspecified atom stereocenters. The number of nitrogens with zero attached hydrogens (tertiary/aromatic N) is 3. The van der Waals surface area contributed by atoms with Crippen molar-refractivity contribution in [2.24, 2.45) is 0 Å². The minimum absolute atomic E-state index is 0.0519. The molecule has 2 aliphatic heterocycles. The Kier molecular flexibility index (Phi) is 5.99. The molecule has 2 amide bonds. The lowest BCUT2D eigenvalue weighted by Gasteiger charge is -2.39. The Morgan fingerprint density at radius 2 is 2.16 bits per heavy atom. The van der Waals surface area contributed by atoms with E-state index in [1.807, 2.05) is 11.0 Å². The van der Waals surface area contributed by atoms with Crippen molar-refractivity contribution < 1.29 is 14.3 Å². The van der Waals surface area contributed by atoms with E-state index in [1.165, 1.54) is 12.8 Å². The number of unbranched alkanes of at least 4 members (excludes halogenated alkanes) is 1. The molecule has 2 atom stereocenters. The minimum Gasteiger partial charge on any atom is -0.356 e. The quantitative estimate of drug-likeness (QED) is 0.844. The van der Waals surface area contributed by atoms with Gasteiger partial charge in [-0.25, -0.2) is 0 Å². The van der Waals surface area contributed by atoms with Crippen LogP contribution < -0.4 is 5.32 Å². The van der Waals surface area contributed by atoms with Crippen molar-refractivity contribution in [2.75, 3.05) is 39.3 Å². The summed E-state index contributed by atoms with van der Waals surface area (Å²) in [5.74, 6) is -0.258. The largest absolute Gasteiger partial charge is 0.356 e.